The van der Waals surface area contributed by atoms with Gasteiger partial charge < -0.3 is 5.73 Å². The third kappa shape index (κ3) is 3.91. The van der Waals surface area contributed by atoms with Gasteiger partial charge in [-0.25, -0.2) is 13.1 Å². The Labute approximate surface area is 118 Å². The van der Waals surface area contributed by atoms with Crippen LogP contribution in [0.1, 0.15) is 33.6 Å². The summed E-state index contributed by atoms with van der Waals surface area (Å²) in [7, 11) is -3.91. The molecule has 0 atom stereocenters. The molecule has 8 heteroatoms. The number of sulfonamides is 1. The molecule has 1 rings (SSSR count). The Morgan fingerprint density at radius 3 is 2.50 bits per heavy atom. The summed E-state index contributed by atoms with van der Waals surface area (Å²) in [5, 5.41) is 10.7. The van der Waals surface area contributed by atoms with Crippen LogP contribution in [0.15, 0.2) is 23.1 Å². The van der Waals surface area contributed by atoms with Crippen molar-refractivity contribution in [3.8, 4) is 0 Å². The first-order valence-corrected chi connectivity index (χ1v) is 7.65. The maximum absolute atomic E-state index is 12.3. The van der Waals surface area contributed by atoms with Crippen LogP contribution in [0, 0.1) is 10.1 Å². The van der Waals surface area contributed by atoms with Crippen LogP contribution in [-0.2, 0) is 10.0 Å². The van der Waals surface area contributed by atoms with Crippen molar-refractivity contribution in [3.63, 3.8) is 0 Å². The molecule has 0 fully saturated rings. The molecule has 0 aliphatic heterocycles. The molecule has 0 saturated carbocycles. The predicted octanol–water partition coefficient (Wildman–Crippen LogP) is 2.03. The van der Waals surface area contributed by atoms with Crippen molar-refractivity contribution in [1.29, 1.82) is 0 Å². The van der Waals surface area contributed by atoms with E-state index in [1.54, 1.807) is 13.8 Å². The Hall–Kier alpha value is -1.67. The van der Waals surface area contributed by atoms with Crippen LogP contribution in [0.2, 0.25) is 0 Å². The van der Waals surface area contributed by atoms with Crippen molar-refractivity contribution in [2.75, 3.05) is 5.73 Å². The van der Waals surface area contributed by atoms with Crippen LogP contribution in [0.25, 0.3) is 0 Å². The van der Waals surface area contributed by atoms with E-state index in [0.717, 1.165) is 12.5 Å². The van der Waals surface area contributed by atoms with Gasteiger partial charge in [0.25, 0.3) is 5.69 Å². The van der Waals surface area contributed by atoms with E-state index >= 15 is 0 Å². The molecule has 0 saturated heterocycles. The van der Waals surface area contributed by atoms with Crippen molar-refractivity contribution < 1.29 is 13.3 Å². The summed E-state index contributed by atoms with van der Waals surface area (Å²) < 4.78 is 27.1. The quantitative estimate of drug-likeness (QED) is 0.474. The second kappa shape index (κ2) is 5.76. The largest absolute Gasteiger partial charge is 0.398 e. The van der Waals surface area contributed by atoms with Gasteiger partial charge in [-0.15, -0.1) is 0 Å². The summed E-state index contributed by atoms with van der Waals surface area (Å²) in [5.74, 6) is 0. The second-order valence-electron chi connectivity index (χ2n) is 5.22. The average molecular weight is 301 g/mol. The lowest BCUT2D eigenvalue weighted by atomic mass is 10.0. The van der Waals surface area contributed by atoms with Crippen molar-refractivity contribution in [2.24, 2.45) is 0 Å². The van der Waals surface area contributed by atoms with Crippen molar-refractivity contribution in [3.05, 3.63) is 28.3 Å². The molecule has 3 N–H and O–H groups in total. The lowest BCUT2D eigenvalue weighted by molar-refractivity contribution is -0.385. The number of nitrogens with two attached hydrogens (primary N) is 1. The molecule has 0 radical (unpaired) electrons. The van der Waals surface area contributed by atoms with Gasteiger partial charge in [-0.1, -0.05) is 13.3 Å². The van der Waals surface area contributed by atoms with E-state index in [4.69, 9.17) is 5.73 Å². The average Bonchev–Trinajstić information content (AvgIpc) is 2.26. The molecule has 0 aromatic heterocycles. The van der Waals surface area contributed by atoms with Gasteiger partial charge in [-0.2, -0.15) is 0 Å². The van der Waals surface area contributed by atoms with Gasteiger partial charge in [-0.3, -0.25) is 10.1 Å². The summed E-state index contributed by atoms with van der Waals surface area (Å²) in [6, 6.07) is 3.37. The zero-order valence-electron chi connectivity index (χ0n) is 11.7. The molecule has 112 valence electrons. The summed E-state index contributed by atoms with van der Waals surface area (Å²) >= 11 is 0. The van der Waals surface area contributed by atoms with Crippen LogP contribution in [-0.4, -0.2) is 18.9 Å². The lowest BCUT2D eigenvalue weighted by Crippen LogP contribution is -2.43. The molecular weight excluding hydrogens is 282 g/mol. The van der Waals surface area contributed by atoms with Gasteiger partial charge >= 0.3 is 0 Å². The van der Waals surface area contributed by atoms with Crippen molar-refractivity contribution in [2.45, 2.75) is 44.0 Å². The zero-order valence-corrected chi connectivity index (χ0v) is 12.5. The fourth-order valence-corrected chi connectivity index (χ4v) is 3.56. The second-order valence-corrected chi connectivity index (χ2v) is 6.87. The molecule has 0 bridgehead atoms. The summed E-state index contributed by atoms with van der Waals surface area (Å²) in [6.45, 7) is 5.45. The van der Waals surface area contributed by atoms with Crippen LogP contribution < -0.4 is 10.5 Å². The maximum atomic E-state index is 12.3. The minimum Gasteiger partial charge on any atom is -0.398 e. The molecule has 20 heavy (non-hydrogen) atoms. The highest BCUT2D eigenvalue weighted by Gasteiger charge is 2.28. The van der Waals surface area contributed by atoms with E-state index in [9.17, 15) is 18.5 Å². The van der Waals surface area contributed by atoms with Gasteiger partial charge in [0.2, 0.25) is 10.0 Å². The molecule has 0 aliphatic rings. The molecule has 1 aromatic rings. The number of nitrogen functional groups attached to an aromatic ring is 1. The lowest BCUT2D eigenvalue weighted by Gasteiger charge is -2.25. The van der Waals surface area contributed by atoms with Gasteiger partial charge in [0.1, 0.15) is 4.90 Å². The molecular formula is C12H19N3O4S. The number of nitrogens with one attached hydrogen (secondary N) is 1. The third-order valence-corrected chi connectivity index (χ3v) is 4.54. The first-order chi connectivity index (χ1) is 9.09. The van der Waals surface area contributed by atoms with E-state index in [-0.39, 0.29) is 16.3 Å². The number of anilines is 1. The molecule has 7 nitrogen and oxygen atoms in total. The maximum Gasteiger partial charge on any atom is 0.270 e. The number of hydrogen-bond donors (Lipinski definition) is 2. The van der Waals surface area contributed by atoms with Crippen LogP contribution in [0.4, 0.5) is 11.4 Å². The number of hydrogen-bond acceptors (Lipinski definition) is 5. The van der Waals surface area contributed by atoms with E-state index in [2.05, 4.69) is 4.72 Å². The summed E-state index contributed by atoms with van der Waals surface area (Å²) in [5.41, 5.74) is 4.65. The highest BCUT2D eigenvalue weighted by atomic mass is 32.2. The Morgan fingerprint density at radius 2 is 2.00 bits per heavy atom. The Bertz CT molecular complexity index is 611. The van der Waals surface area contributed by atoms with Gasteiger partial charge in [0.05, 0.1) is 10.6 Å². The van der Waals surface area contributed by atoms with E-state index in [1.165, 1.54) is 12.1 Å². The molecule has 0 spiro atoms. The summed E-state index contributed by atoms with van der Waals surface area (Å²) in [6.07, 6.45) is 1.45. The Kier molecular flexibility index (Phi) is 4.72. The van der Waals surface area contributed by atoms with Gasteiger partial charge in [-0.05, 0) is 26.3 Å². The SMILES string of the molecule is CCCC(C)(C)NS(=O)(=O)c1cc([N+](=O)[O-])ccc1N. The molecule has 0 amide bonds. The fourth-order valence-electron chi connectivity index (χ4n) is 1.96. The highest BCUT2D eigenvalue weighted by molar-refractivity contribution is 7.89. The molecule has 0 aliphatic carbocycles. The van der Waals surface area contributed by atoms with Crippen LogP contribution in [0.3, 0.4) is 0 Å². The third-order valence-electron chi connectivity index (χ3n) is 2.78. The van der Waals surface area contributed by atoms with E-state index < -0.39 is 20.5 Å². The van der Waals surface area contributed by atoms with Crippen LogP contribution in [0.5, 0.6) is 0 Å². The van der Waals surface area contributed by atoms with Crippen molar-refractivity contribution in [1.82, 2.24) is 4.72 Å². The number of nitro benzene ring substituents is 1. The number of nitrogens with zero attached hydrogens (tertiary/aromatic N) is 1. The standard InChI is InChI=1S/C12H19N3O4S/c1-4-7-12(2,3)14-20(18,19)11-8-9(15(16)17)5-6-10(11)13/h5-6,8,14H,4,7,13H2,1-3H3. The predicted molar refractivity (Wildman–Crippen MR) is 76.8 cm³/mol. The van der Waals surface area contributed by atoms with Crippen LogP contribution >= 0.6 is 0 Å². The number of nitro groups is 1. The first-order valence-electron chi connectivity index (χ1n) is 6.17. The monoisotopic (exact) mass is 301 g/mol. The smallest absolute Gasteiger partial charge is 0.270 e. The fraction of sp³-hybridized carbons (Fsp3) is 0.500. The van der Waals surface area contributed by atoms with Crippen molar-refractivity contribution >= 4 is 21.4 Å². The number of benzene rings is 1. The normalized spacial score (nSPS) is 12.3. The highest BCUT2D eigenvalue weighted by Crippen LogP contribution is 2.25. The Morgan fingerprint density at radius 1 is 1.40 bits per heavy atom. The van der Waals surface area contributed by atoms with Gasteiger partial charge in [0.15, 0.2) is 0 Å². The minimum absolute atomic E-state index is 0.0181. The van der Waals surface area contributed by atoms with Gasteiger partial charge in [0, 0.05) is 17.7 Å². The summed E-state index contributed by atoms with van der Waals surface area (Å²) in [4.78, 5) is 9.80. The number of non-ortho nitro benzene ring substituents is 1. The Balaban J connectivity index is 3.22. The molecule has 0 heterocycles. The topological polar surface area (TPSA) is 115 Å². The van der Waals surface area contributed by atoms with E-state index in [0.29, 0.717) is 6.42 Å². The molecule has 1 aromatic carbocycles. The molecule has 0 unspecified atom stereocenters. The minimum atomic E-state index is -3.91. The number of rotatable bonds is 6. The zero-order chi connectivity index (χ0) is 15.6. The van der Waals surface area contributed by atoms with E-state index in [1.807, 2.05) is 6.92 Å². The first kappa shape index (κ1) is 16.4.